The highest BCUT2D eigenvalue weighted by Crippen LogP contribution is 2.20. The molecular formula is C13H16BrN3O2. The van der Waals surface area contributed by atoms with Crippen molar-refractivity contribution in [3.8, 4) is 0 Å². The molecule has 1 fully saturated rings. The number of carbonyl (C=O) groups is 2. The van der Waals surface area contributed by atoms with Gasteiger partial charge in [-0.25, -0.2) is 0 Å². The van der Waals surface area contributed by atoms with E-state index in [0.29, 0.717) is 18.8 Å². The van der Waals surface area contributed by atoms with Crippen LogP contribution in [-0.2, 0) is 9.59 Å². The molecule has 102 valence electrons. The van der Waals surface area contributed by atoms with Crippen molar-refractivity contribution in [2.24, 2.45) is 0 Å². The largest absolute Gasteiger partial charge is 0.332 e. The van der Waals surface area contributed by atoms with Crippen LogP contribution >= 0.6 is 15.9 Å². The monoisotopic (exact) mass is 325 g/mol. The first-order valence-corrected chi connectivity index (χ1v) is 6.94. The van der Waals surface area contributed by atoms with Gasteiger partial charge in [-0.05, 0) is 30.7 Å². The molecule has 0 radical (unpaired) electrons. The number of aryl methyl sites for hydroxylation is 1. The van der Waals surface area contributed by atoms with E-state index >= 15 is 0 Å². The Hall–Kier alpha value is -1.40. The second-order valence-corrected chi connectivity index (χ2v) is 5.31. The molecule has 0 spiro atoms. The average molecular weight is 326 g/mol. The fraction of sp³-hybridized carbons (Fsp3) is 0.385. The molecule has 0 saturated carbocycles. The summed E-state index contributed by atoms with van der Waals surface area (Å²) in [5.41, 5.74) is 1.64. The van der Waals surface area contributed by atoms with Crippen molar-refractivity contribution in [3.05, 3.63) is 28.2 Å². The molecule has 2 amide bonds. The van der Waals surface area contributed by atoms with Gasteiger partial charge in [0.1, 0.15) is 0 Å². The van der Waals surface area contributed by atoms with E-state index in [4.69, 9.17) is 0 Å². The molecule has 2 rings (SSSR count). The van der Waals surface area contributed by atoms with E-state index in [1.807, 2.05) is 19.1 Å². The van der Waals surface area contributed by atoms with Crippen molar-refractivity contribution in [2.75, 3.05) is 31.5 Å². The summed E-state index contributed by atoms with van der Waals surface area (Å²) in [4.78, 5) is 25.4. The smallest absolute Gasteiger partial charge is 0.313 e. The lowest BCUT2D eigenvalue weighted by molar-refractivity contribution is -0.143. The van der Waals surface area contributed by atoms with Crippen molar-refractivity contribution in [2.45, 2.75) is 6.92 Å². The molecule has 19 heavy (non-hydrogen) atoms. The third-order valence-electron chi connectivity index (χ3n) is 3.01. The van der Waals surface area contributed by atoms with E-state index in [9.17, 15) is 9.59 Å². The highest BCUT2D eigenvalue weighted by Gasteiger charge is 2.23. The quantitative estimate of drug-likeness (QED) is 0.761. The maximum atomic E-state index is 11.9. The number of benzene rings is 1. The first-order chi connectivity index (χ1) is 9.08. The second kappa shape index (κ2) is 6.16. The van der Waals surface area contributed by atoms with Gasteiger partial charge in [0.15, 0.2) is 0 Å². The Morgan fingerprint density at radius 3 is 2.63 bits per heavy atom. The van der Waals surface area contributed by atoms with Crippen molar-refractivity contribution in [1.82, 2.24) is 10.2 Å². The number of nitrogens with zero attached hydrogens (tertiary/aromatic N) is 1. The van der Waals surface area contributed by atoms with E-state index in [2.05, 4.69) is 26.6 Å². The van der Waals surface area contributed by atoms with Crippen LogP contribution in [0.1, 0.15) is 5.56 Å². The molecule has 0 atom stereocenters. The van der Waals surface area contributed by atoms with Gasteiger partial charge in [-0.2, -0.15) is 0 Å². The second-order valence-electron chi connectivity index (χ2n) is 4.46. The standard InChI is InChI=1S/C13H16BrN3O2/c1-9-8-10(2-3-11(9)14)16-12(18)13(19)17-6-4-15-5-7-17/h2-3,8,15H,4-7H2,1H3,(H,16,18). The lowest BCUT2D eigenvalue weighted by Gasteiger charge is -2.26. The Labute approximate surface area is 120 Å². The summed E-state index contributed by atoms with van der Waals surface area (Å²) in [7, 11) is 0. The maximum Gasteiger partial charge on any atom is 0.313 e. The molecular weight excluding hydrogens is 310 g/mol. The number of halogens is 1. The van der Waals surface area contributed by atoms with Crippen LogP contribution in [-0.4, -0.2) is 42.9 Å². The predicted molar refractivity (Wildman–Crippen MR) is 77.0 cm³/mol. The van der Waals surface area contributed by atoms with Gasteiger partial charge in [-0.1, -0.05) is 15.9 Å². The van der Waals surface area contributed by atoms with E-state index in [-0.39, 0.29) is 0 Å². The van der Waals surface area contributed by atoms with Crippen LogP contribution in [0.4, 0.5) is 5.69 Å². The normalized spacial score (nSPS) is 15.2. The SMILES string of the molecule is Cc1cc(NC(=O)C(=O)N2CCNCC2)ccc1Br. The van der Waals surface area contributed by atoms with Crippen LogP contribution in [0.5, 0.6) is 0 Å². The molecule has 2 N–H and O–H groups in total. The Morgan fingerprint density at radius 1 is 1.32 bits per heavy atom. The Kier molecular flexibility index (Phi) is 4.55. The number of piperazine rings is 1. The number of hydrogen-bond acceptors (Lipinski definition) is 3. The highest BCUT2D eigenvalue weighted by molar-refractivity contribution is 9.10. The third kappa shape index (κ3) is 3.54. The summed E-state index contributed by atoms with van der Waals surface area (Å²) in [6, 6.07) is 5.44. The molecule has 5 nitrogen and oxygen atoms in total. The van der Waals surface area contributed by atoms with E-state index < -0.39 is 11.8 Å². The summed E-state index contributed by atoms with van der Waals surface area (Å²) < 4.78 is 0.971. The maximum absolute atomic E-state index is 11.9. The number of anilines is 1. The van der Waals surface area contributed by atoms with Crippen LogP contribution in [0.2, 0.25) is 0 Å². The first-order valence-electron chi connectivity index (χ1n) is 6.15. The number of carbonyl (C=O) groups excluding carboxylic acids is 2. The van der Waals surface area contributed by atoms with Crippen molar-refractivity contribution < 1.29 is 9.59 Å². The van der Waals surface area contributed by atoms with Gasteiger partial charge < -0.3 is 15.5 Å². The molecule has 1 aromatic rings. The lowest BCUT2D eigenvalue weighted by atomic mass is 10.2. The molecule has 0 bridgehead atoms. The topological polar surface area (TPSA) is 61.4 Å². The van der Waals surface area contributed by atoms with Crippen LogP contribution in [0.3, 0.4) is 0 Å². The van der Waals surface area contributed by atoms with Crippen molar-refractivity contribution in [1.29, 1.82) is 0 Å². The molecule has 6 heteroatoms. The zero-order valence-electron chi connectivity index (χ0n) is 10.7. The van der Waals surface area contributed by atoms with Gasteiger partial charge in [0.25, 0.3) is 0 Å². The van der Waals surface area contributed by atoms with Crippen molar-refractivity contribution in [3.63, 3.8) is 0 Å². The molecule has 0 aliphatic carbocycles. The fourth-order valence-electron chi connectivity index (χ4n) is 1.92. The summed E-state index contributed by atoms with van der Waals surface area (Å²) >= 11 is 3.39. The van der Waals surface area contributed by atoms with Crippen LogP contribution < -0.4 is 10.6 Å². The molecule has 1 aliphatic heterocycles. The minimum Gasteiger partial charge on any atom is -0.332 e. The van der Waals surface area contributed by atoms with Gasteiger partial charge in [0, 0.05) is 36.3 Å². The Bertz CT molecular complexity index is 499. The van der Waals surface area contributed by atoms with Crippen molar-refractivity contribution >= 4 is 33.4 Å². The predicted octanol–water partition coefficient (Wildman–Crippen LogP) is 1.13. The minimum atomic E-state index is -0.580. The van der Waals surface area contributed by atoms with Gasteiger partial charge in [-0.15, -0.1) is 0 Å². The third-order valence-corrected chi connectivity index (χ3v) is 3.90. The van der Waals surface area contributed by atoms with E-state index in [1.165, 1.54) is 0 Å². The molecule has 1 aromatic carbocycles. The van der Waals surface area contributed by atoms with Gasteiger partial charge >= 0.3 is 11.8 Å². The zero-order valence-corrected chi connectivity index (χ0v) is 12.3. The lowest BCUT2D eigenvalue weighted by Crippen LogP contribution is -2.49. The molecule has 1 saturated heterocycles. The number of hydrogen-bond donors (Lipinski definition) is 2. The summed E-state index contributed by atoms with van der Waals surface area (Å²) in [6.45, 7) is 4.54. The molecule has 1 heterocycles. The molecule has 0 unspecified atom stereocenters. The van der Waals surface area contributed by atoms with Gasteiger partial charge in [0.2, 0.25) is 0 Å². The van der Waals surface area contributed by atoms with E-state index in [1.54, 1.807) is 11.0 Å². The van der Waals surface area contributed by atoms with Gasteiger partial charge in [-0.3, -0.25) is 9.59 Å². The number of rotatable bonds is 1. The Morgan fingerprint density at radius 2 is 2.00 bits per heavy atom. The summed E-state index contributed by atoms with van der Waals surface area (Å²) in [5.74, 6) is -1.05. The number of nitrogens with one attached hydrogen (secondary N) is 2. The summed E-state index contributed by atoms with van der Waals surface area (Å²) in [5, 5.41) is 5.78. The van der Waals surface area contributed by atoms with Crippen LogP contribution in [0.15, 0.2) is 22.7 Å². The zero-order chi connectivity index (χ0) is 13.8. The average Bonchev–Trinajstić information content (AvgIpc) is 2.43. The number of amides is 2. The van der Waals surface area contributed by atoms with Crippen LogP contribution in [0.25, 0.3) is 0 Å². The fourth-order valence-corrected chi connectivity index (χ4v) is 2.17. The first kappa shape index (κ1) is 14.0. The van der Waals surface area contributed by atoms with Gasteiger partial charge in [0.05, 0.1) is 0 Å². The minimum absolute atomic E-state index is 0.470. The highest BCUT2D eigenvalue weighted by atomic mass is 79.9. The Balaban J connectivity index is 1.99. The summed E-state index contributed by atoms with van der Waals surface area (Å²) in [6.07, 6.45) is 0. The van der Waals surface area contributed by atoms with Crippen LogP contribution in [0, 0.1) is 6.92 Å². The molecule has 0 aromatic heterocycles. The molecule has 1 aliphatic rings. The van der Waals surface area contributed by atoms with E-state index in [0.717, 1.165) is 23.1 Å².